The second-order valence-electron chi connectivity index (χ2n) is 5.03. The van der Waals surface area contributed by atoms with E-state index in [2.05, 4.69) is 36.1 Å². The van der Waals surface area contributed by atoms with Gasteiger partial charge in [-0.15, -0.1) is 0 Å². The Balaban J connectivity index is 2.11. The monoisotopic (exact) mass is 232 g/mol. The lowest BCUT2D eigenvalue weighted by atomic mass is 9.98. The molecule has 1 unspecified atom stereocenters. The van der Waals surface area contributed by atoms with Gasteiger partial charge in [0.25, 0.3) is 0 Å². The first kappa shape index (κ1) is 12.4. The van der Waals surface area contributed by atoms with Gasteiger partial charge in [-0.2, -0.15) is 0 Å². The van der Waals surface area contributed by atoms with Crippen LogP contribution in [-0.2, 0) is 6.54 Å². The van der Waals surface area contributed by atoms with Gasteiger partial charge in [-0.3, -0.25) is 0 Å². The maximum absolute atomic E-state index is 5.82. The maximum Gasteiger partial charge on any atom is 0.0411 e. The van der Waals surface area contributed by atoms with E-state index in [4.69, 9.17) is 5.73 Å². The van der Waals surface area contributed by atoms with Crippen LogP contribution in [-0.4, -0.2) is 13.1 Å². The molecule has 2 N–H and O–H groups in total. The third-order valence-corrected chi connectivity index (χ3v) is 3.98. The largest absolute Gasteiger partial charge is 0.371 e. The molecule has 0 amide bonds. The summed E-state index contributed by atoms with van der Waals surface area (Å²) in [5.74, 6) is 0.921. The molecular formula is C15H24N2. The van der Waals surface area contributed by atoms with Crippen molar-refractivity contribution in [2.45, 2.75) is 39.2 Å². The van der Waals surface area contributed by atoms with E-state index in [1.165, 1.54) is 50.0 Å². The number of rotatable bonds is 3. The molecule has 1 atom stereocenters. The van der Waals surface area contributed by atoms with Crippen molar-refractivity contribution in [3.63, 3.8) is 0 Å². The third kappa shape index (κ3) is 3.01. The molecule has 0 aliphatic carbocycles. The number of para-hydroxylation sites is 1. The molecule has 1 fully saturated rings. The summed E-state index contributed by atoms with van der Waals surface area (Å²) in [6, 6.07) is 8.57. The number of hydrogen-bond donors (Lipinski definition) is 1. The van der Waals surface area contributed by atoms with Crippen LogP contribution in [0.25, 0.3) is 0 Å². The molecule has 17 heavy (non-hydrogen) atoms. The fraction of sp³-hybridized carbons (Fsp3) is 0.600. The van der Waals surface area contributed by atoms with Gasteiger partial charge >= 0.3 is 0 Å². The summed E-state index contributed by atoms with van der Waals surface area (Å²) in [6.07, 6.45) is 5.36. The van der Waals surface area contributed by atoms with E-state index in [0.717, 1.165) is 5.92 Å². The van der Waals surface area contributed by atoms with Gasteiger partial charge in [0.2, 0.25) is 0 Å². The van der Waals surface area contributed by atoms with Crippen molar-refractivity contribution in [1.82, 2.24) is 0 Å². The van der Waals surface area contributed by atoms with Gasteiger partial charge < -0.3 is 10.6 Å². The van der Waals surface area contributed by atoms with Crippen molar-refractivity contribution in [2.24, 2.45) is 11.7 Å². The molecule has 2 nitrogen and oxygen atoms in total. The first-order valence-electron chi connectivity index (χ1n) is 6.88. The summed E-state index contributed by atoms with van der Waals surface area (Å²) < 4.78 is 0. The first-order valence-corrected chi connectivity index (χ1v) is 6.88. The second-order valence-corrected chi connectivity index (χ2v) is 5.03. The molecule has 0 aromatic heterocycles. The molecule has 94 valence electrons. The number of hydrogen-bond acceptors (Lipinski definition) is 2. The zero-order chi connectivity index (χ0) is 12.1. The fourth-order valence-electron chi connectivity index (χ4n) is 2.81. The van der Waals surface area contributed by atoms with Crippen LogP contribution in [0.5, 0.6) is 0 Å². The molecule has 1 aliphatic heterocycles. The van der Waals surface area contributed by atoms with Crippen LogP contribution in [0.4, 0.5) is 5.69 Å². The smallest absolute Gasteiger partial charge is 0.0411 e. The molecule has 1 saturated heterocycles. The average molecular weight is 232 g/mol. The van der Waals surface area contributed by atoms with Crippen LogP contribution in [0.15, 0.2) is 24.3 Å². The molecule has 1 aliphatic rings. The van der Waals surface area contributed by atoms with Gasteiger partial charge in [0.1, 0.15) is 0 Å². The van der Waals surface area contributed by atoms with Gasteiger partial charge in [0.15, 0.2) is 0 Å². The molecule has 1 aromatic carbocycles. The van der Waals surface area contributed by atoms with Gasteiger partial charge in [-0.05, 0) is 36.8 Å². The van der Waals surface area contributed by atoms with Gasteiger partial charge in [0, 0.05) is 25.3 Å². The molecule has 1 aromatic rings. The Bertz CT molecular complexity index is 349. The third-order valence-electron chi connectivity index (χ3n) is 3.98. The van der Waals surface area contributed by atoms with E-state index < -0.39 is 0 Å². The van der Waals surface area contributed by atoms with Gasteiger partial charge in [0.05, 0.1) is 0 Å². The van der Waals surface area contributed by atoms with Crippen LogP contribution >= 0.6 is 0 Å². The molecule has 0 spiro atoms. The SMILES string of the molecule is CCC1CCCN(c2ccccc2CN)CC1. The molecular weight excluding hydrogens is 208 g/mol. The summed E-state index contributed by atoms with van der Waals surface area (Å²) in [4.78, 5) is 2.53. The molecule has 0 radical (unpaired) electrons. The topological polar surface area (TPSA) is 29.3 Å². The summed E-state index contributed by atoms with van der Waals surface area (Å²) in [7, 11) is 0. The van der Waals surface area contributed by atoms with Crippen molar-refractivity contribution in [3.05, 3.63) is 29.8 Å². The van der Waals surface area contributed by atoms with Crippen LogP contribution in [0.1, 0.15) is 38.2 Å². The zero-order valence-electron chi connectivity index (χ0n) is 10.9. The van der Waals surface area contributed by atoms with E-state index in [0.29, 0.717) is 6.54 Å². The summed E-state index contributed by atoms with van der Waals surface area (Å²) in [6.45, 7) is 5.33. The minimum atomic E-state index is 0.643. The number of nitrogens with zero attached hydrogens (tertiary/aromatic N) is 1. The minimum absolute atomic E-state index is 0.643. The average Bonchev–Trinajstić information content (AvgIpc) is 2.63. The van der Waals surface area contributed by atoms with Crippen molar-refractivity contribution in [2.75, 3.05) is 18.0 Å². The highest BCUT2D eigenvalue weighted by Gasteiger charge is 2.17. The van der Waals surface area contributed by atoms with E-state index in [1.807, 2.05) is 0 Å². The van der Waals surface area contributed by atoms with Crippen molar-refractivity contribution >= 4 is 5.69 Å². The van der Waals surface area contributed by atoms with E-state index >= 15 is 0 Å². The Hall–Kier alpha value is -1.02. The first-order chi connectivity index (χ1) is 8.35. The van der Waals surface area contributed by atoms with Crippen molar-refractivity contribution < 1.29 is 0 Å². The Kier molecular flexibility index (Phi) is 4.43. The van der Waals surface area contributed by atoms with Crippen LogP contribution in [0.2, 0.25) is 0 Å². The van der Waals surface area contributed by atoms with E-state index in [-0.39, 0.29) is 0 Å². The van der Waals surface area contributed by atoms with E-state index in [1.54, 1.807) is 0 Å². The second kappa shape index (κ2) is 6.06. The number of nitrogens with two attached hydrogens (primary N) is 1. The Morgan fingerprint density at radius 1 is 1.24 bits per heavy atom. The van der Waals surface area contributed by atoms with Gasteiger partial charge in [-0.1, -0.05) is 31.5 Å². The summed E-state index contributed by atoms with van der Waals surface area (Å²) in [5.41, 5.74) is 8.46. The van der Waals surface area contributed by atoms with Gasteiger partial charge in [-0.25, -0.2) is 0 Å². The lowest BCUT2D eigenvalue weighted by molar-refractivity contribution is 0.459. The minimum Gasteiger partial charge on any atom is -0.371 e. The predicted molar refractivity (Wildman–Crippen MR) is 74.2 cm³/mol. The van der Waals surface area contributed by atoms with E-state index in [9.17, 15) is 0 Å². The Morgan fingerprint density at radius 2 is 2.06 bits per heavy atom. The Labute approximate surface area is 105 Å². The molecule has 1 heterocycles. The normalized spacial score (nSPS) is 21.3. The molecule has 2 heteroatoms. The standard InChI is InChI=1S/C15H24N2/c1-2-13-6-5-10-17(11-9-13)15-8-4-3-7-14(15)12-16/h3-4,7-8,13H,2,5-6,9-12,16H2,1H3. The van der Waals surface area contributed by atoms with Crippen molar-refractivity contribution in [1.29, 1.82) is 0 Å². The summed E-state index contributed by atoms with van der Waals surface area (Å²) >= 11 is 0. The highest BCUT2D eigenvalue weighted by molar-refractivity contribution is 5.53. The molecule has 0 bridgehead atoms. The fourth-order valence-corrected chi connectivity index (χ4v) is 2.81. The maximum atomic E-state index is 5.82. The highest BCUT2D eigenvalue weighted by atomic mass is 15.1. The lowest BCUT2D eigenvalue weighted by Crippen LogP contribution is -2.25. The van der Waals surface area contributed by atoms with Crippen LogP contribution < -0.4 is 10.6 Å². The number of anilines is 1. The van der Waals surface area contributed by atoms with Crippen LogP contribution in [0, 0.1) is 5.92 Å². The lowest BCUT2D eigenvalue weighted by Gasteiger charge is -2.25. The zero-order valence-corrected chi connectivity index (χ0v) is 10.9. The summed E-state index contributed by atoms with van der Waals surface area (Å²) in [5, 5.41) is 0. The highest BCUT2D eigenvalue weighted by Crippen LogP contribution is 2.26. The predicted octanol–water partition coefficient (Wildman–Crippen LogP) is 3.16. The molecule has 0 saturated carbocycles. The number of benzene rings is 1. The van der Waals surface area contributed by atoms with Crippen LogP contribution in [0.3, 0.4) is 0 Å². The molecule has 2 rings (SSSR count). The Morgan fingerprint density at radius 3 is 2.82 bits per heavy atom. The van der Waals surface area contributed by atoms with Crippen molar-refractivity contribution in [3.8, 4) is 0 Å². The quantitative estimate of drug-likeness (QED) is 0.867.